The lowest BCUT2D eigenvalue weighted by atomic mass is 10.1. The van der Waals surface area contributed by atoms with Crippen molar-refractivity contribution in [3.63, 3.8) is 0 Å². The van der Waals surface area contributed by atoms with Crippen molar-refractivity contribution in [1.29, 1.82) is 0 Å². The lowest BCUT2D eigenvalue weighted by molar-refractivity contribution is -0.130. The van der Waals surface area contributed by atoms with Crippen LogP contribution in [-0.2, 0) is 4.79 Å². The Labute approximate surface area is 130 Å². The van der Waals surface area contributed by atoms with E-state index in [1.54, 1.807) is 7.11 Å². The van der Waals surface area contributed by atoms with Crippen molar-refractivity contribution in [3.05, 3.63) is 29.8 Å². The number of amides is 1. The Hall–Kier alpha value is -1.20. The topological polar surface area (TPSA) is 41.6 Å². The van der Waals surface area contributed by atoms with Crippen molar-refractivity contribution in [2.24, 2.45) is 0 Å². The average Bonchev–Trinajstić information content (AvgIpc) is 3.25. The fourth-order valence-electron chi connectivity index (χ4n) is 2.94. The molecule has 2 aliphatic rings. The minimum absolute atomic E-state index is 0.00719. The smallest absolute Gasteiger partial charge is 0.244 e. The Morgan fingerprint density at radius 3 is 2.67 bits per heavy atom. The first-order valence-electron chi connectivity index (χ1n) is 7.42. The molecule has 1 aromatic carbocycles. The Kier molecular flexibility index (Phi) is 4.13. The Balaban J connectivity index is 1.78. The van der Waals surface area contributed by atoms with Gasteiger partial charge in [0.2, 0.25) is 5.91 Å². The second-order valence-corrected chi connectivity index (χ2v) is 6.73. The first-order chi connectivity index (χ1) is 10.2. The molecule has 1 unspecified atom stereocenters. The number of carbonyl (C=O) groups is 1. The van der Waals surface area contributed by atoms with Gasteiger partial charge in [-0.1, -0.05) is 12.1 Å². The van der Waals surface area contributed by atoms with Crippen molar-refractivity contribution >= 4 is 17.7 Å². The molecule has 1 amide bonds. The van der Waals surface area contributed by atoms with Gasteiger partial charge in [0.15, 0.2) is 0 Å². The molecule has 2 fully saturated rings. The van der Waals surface area contributed by atoms with Crippen molar-refractivity contribution < 1.29 is 9.53 Å². The molecule has 114 valence electrons. The van der Waals surface area contributed by atoms with Gasteiger partial charge in [-0.2, -0.15) is 11.8 Å². The van der Waals surface area contributed by atoms with E-state index in [0.717, 1.165) is 42.9 Å². The third-order valence-corrected chi connectivity index (χ3v) is 5.02. The number of nitrogens with zero attached hydrogens (tertiary/aromatic N) is 1. The molecular weight excluding hydrogens is 284 g/mol. The number of hydrogen-bond acceptors (Lipinski definition) is 4. The largest absolute Gasteiger partial charge is 0.497 e. The van der Waals surface area contributed by atoms with Gasteiger partial charge in [-0.15, -0.1) is 0 Å². The average molecular weight is 306 g/mol. The first-order valence-corrected chi connectivity index (χ1v) is 8.81. The van der Waals surface area contributed by atoms with Crippen LogP contribution in [0.2, 0.25) is 0 Å². The molecule has 1 heterocycles. The van der Waals surface area contributed by atoms with E-state index >= 15 is 0 Å². The number of thioether (sulfide) groups is 1. The zero-order chi connectivity index (χ0) is 14.9. The molecule has 1 N–H and O–H groups in total. The molecule has 1 aromatic rings. The highest BCUT2D eigenvalue weighted by atomic mass is 32.2. The predicted molar refractivity (Wildman–Crippen MR) is 85.5 cm³/mol. The van der Waals surface area contributed by atoms with E-state index in [1.165, 1.54) is 0 Å². The van der Waals surface area contributed by atoms with Crippen molar-refractivity contribution in [1.82, 2.24) is 10.2 Å². The van der Waals surface area contributed by atoms with Gasteiger partial charge in [-0.05, 0) is 49.0 Å². The number of methoxy groups -OCH3 is 1. The Morgan fingerprint density at radius 1 is 1.38 bits per heavy atom. The first kappa shape index (κ1) is 14.7. The van der Waals surface area contributed by atoms with Gasteiger partial charge >= 0.3 is 0 Å². The summed E-state index contributed by atoms with van der Waals surface area (Å²) in [7, 11) is 1.67. The fraction of sp³-hybridized carbons (Fsp3) is 0.562. The van der Waals surface area contributed by atoms with Crippen LogP contribution in [0.5, 0.6) is 5.75 Å². The molecule has 0 bridgehead atoms. The maximum atomic E-state index is 12.6. The second kappa shape index (κ2) is 5.89. The number of benzene rings is 1. The van der Waals surface area contributed by atoms with Gasteiger partial charge in [0.25, 0.3) is 0 Å². The summed E-state index contributed by atoms with van der Waals surface area (Å²) in [6.07, 6.45) is 5.09. The minimum atomic E-state index is -0.260. The molecule has 1 saturated heterocycles. The van der Waals surface area contributed by atoms with E-state index in [9.17, 15) is 4.79 Å². The van der Waals surface area contributed by atoms with Crippen LogP contribution in [0.4, 0.5) is 0 Å². The van der Waals surface area contributed by atoms with E-state index in [0.29, 0.717) is 0 Å². The summed E-state index contributed by atoms with van der Waals surface area (Å²) >= 11 is 1.83. The quantitative estimate of drug-likeness (QED) is 0.820. The summed E-state index contributed by atoms with van der Waals surface area (Å²) in [5, 5.41) is 3.55. The van der Waals surface area contributed by atoms with Gasteiger partial charge in [-0.25, -0.2) is 0 Å². The third kappa shape index (κ3) is 2.77. The van der Waals surface area contributed by atoms with E-state index in [-0.39, 0.29) is 17.6 Å². The van der Waals surface area contributed by atoms with Gasteiger partial charge in [0, 0.05) is 6.54 Å². The molecular formula is C16H22N2O2S. The third-order valence-electron chi connectivity index (χ3n) is 4.32. The minimum Gasteiger partial charge on any atom is -0.497 e. The lowest BCUT2D eigenvalue weighted by Crippen LogP contribution is -2.33. The number of nitrogens with one attached hydrogen (secondary N) is 1. The predicted octanol–water partition coefficient (Wildman–Crippen LogP) is 2.41. The molecule has 1 aliphatic heterocycles. The van der Waals surface area contributed by atoms with Crippen LogP contribution < -0.4 is 10.1 Å². The molecule has 21 heavy (non-hydrogen) atoms. The summed E-state index contributed by atoms with van der Waals surface area (Å²) in [6, 6.07) is 8.01. The van der Waals surface area contributed by atoms with Crippen molar-refractivity contribution in [2.45, 2.75) is 31.0 Å². The van der Waals surface area contributed by atoms with Crippen molar-refractivity contribution in [2.75, 3.05) is 25.7 Å². The van der Waals surface area contributed by atoms with Crippen LogP contribution in [0.1, 0.15) is 31.0 Å². The zero-order valence-electron chi connectivity index (χ0n) is 12.6. The zero-order valence-corrected chi connectivity index (χ0v) is 13.4. The monoisotopic (exact) mass is 306 g/mol. The second-order valence-electron chi connectivity index (χ2n) is 5.75. The van der Waals surface area contributed by atoms with Crippen molar-refractivity contribution in [3.8, 4) is 5.75 Å². The molecule has 1 aliphatic carbocycles. The summed E-state index contributed by atoms with van der Waals surface area (Å²) in [5.74, 6) is 2.22. The molecule has 1 saturated carbocycles. The highest BCUT2D eigenvalue weighted by Gasteiger charge is 2.59. The van der Waals surface area contributed by atoms with Crippen LogP contribution in [0, 0.1) is 0 Å². The highest BCUT2D eigenvalue weighted by Crippen LogP contribution is 2.46. The molecule has 5 heteroatoms. The molecule has 0 aromatic heterocycles. The van der Waals surface area contributed by atoms with Crippen LogP contribution in [-0.4, -0.2) is 42.0 Å². The lowest BCUT2D eigenvalue weighted by Gasteiger charge is -2.24. The van der Waals surface area contributed by atoms with Crippen LogP contribution in [0.25, 0.3) is 0 Å². The number of hydrogen-bond donors (Lipinski definition) is 1. The van der Waals surface area contributed by atoms with Crippen LogP contribution in [0.3, 0.4) is 0 Å². The molecule has 1 atom stereocenters. The SMILES string of the molecule is COc1ccc(C2NC3(CC3)C(=O)N2CCCSC)cc1. The summed E-state index contributed by atoms with van der Waals surface area (Å²) in [5.41, 5.74) is 0.876. The molecule has 3 rings (SSSR count). The van der Waals surface area contributed by atoms with Gasteiger partial charge in [-0.3, -0.25) is 10.1 Å². The number of rotatable bonds is 6. The molecule has 1 spiro atoms. The maximum Gasteiger partial charge on any atom is 0.244 e. The maximum absolute atomic E-state index is 12.6. The Bertz CT molecular complexity index is 514. The van der Waals surface area contributed by atoms with Gasteiger partial charge in [0.05, 0.1) is 7.11 Å². The van der Waals surface area contributed by atoms with E-state index in [1.807, 2.05) is 40.9 Å². The standard InChI is InChI=1S/C16H22N2O2S/c1-20-13-6-4-12(5-7-13)14-17-16(8-9-16)15(19)18(14)10-3-11-21-2/h4-7,14,17H,3,8-11H2,1-2H3. The van der Waals surface area contributed by atoms with Crippen LogP contribution in [0.15, 0.2) is 24.3 Å². The molecule has 4 nitrogen and oxygen atoms in total. The summed E-state index contributed by atoms with van der Waals surface area (Å²) in [4.78, 5) is 14.6. The normalized spacial score (nSPS) is 22.9. The molecule has 0 radical (unpaired) electrons. The summed E-state index contributed by atoms with van der Waals surface area (Å²) in [6.45, 7) is 0.825. The number of carbonyl (C=O) groups excluding carboxylic acids is 1. The number of ether oxygens (including phenoxy) is 1. The van der Waals surface area contributed by atoms with Crippen LogP contribution >= 0.6 is 11.8 Å². The van der Waals surface area contributed by atoms with Gasteiger partial charge in [0.1, 0.15) is 17.5 Å². The highest BCUT2D eigenvalue weighted by molar-refractivity contribution is 7.98. The summed E-state index contributed by atoms with van der Waals surface area (Å²) < 4.78 is 5.21. The van der Waals surface area contributed by atoms with E-state index < -0.39 is 0 Å². The Morgan fingerprint density at radius 2 is 2.10 bits per heavy atom. The van der Waals surface area contributed by atoms with E-state index in [2.05, 4.69) is 11.6 Å². The fourth-order valence-corrected chi connectivity index (χ4v) is 3.35. The van der Waals surface area contributed by atoms with Gasteiger partial charge < -0.3 is 9.64 Å². The van der Waals surface area contributed by atoms with E-state index in [4.69, 9.17) is 4.74 Å².